The van der Waals surface area contributed by atoms with Gasteiger partial charge in [-0.25, -0.2) is 15.0 Å². The molecular formula is C51H31N3S2. The summed E-state index contributed by atoms with van der Waals surface area (Å²) in [4.78, 5) is 15.4. The van der Waals surface area contributed by atoms with Gasteiger partial charge in [0, 0.05) is 57.0 Å². The molecule has 56 heavy (non-hydrogen) atoms. The minimum absolute atomic E-state index is 0.651. The van der Waals surface area contributed by atoms with Crippen LogP contribution in [0, 0.1) is 0 Å². The molecule has 0 aliphatic carbocycles. The maximum Gasteiger partial charge on any atom is 0.164 e. The van der Waals surface area contributed by atoms with Crippen molar-refractivity contribution in [1.29, 1.82) is 0 Å². The van der Waals surface area contributed by atoms with E-state index in [1.807, 2.05) is 29.5 Å². The van der Waals surface area contributed by atoms with Crippen LogP contribution in [0.4, 0.5) is 0 Å². The van der Waals surface area contributed by atoms with Crippen LogP contribution in [0.1, 0.15) is 0 Å². The summed E-state index contributed by atoms with van der Waals surface area (Å²) < 4.78 is 5.02. The van der Waals surface area contributed by atoms with E-state index in [1.54, 1.807) is 11.3 Å². The first kappa shape index (κ1) is 32.6. The molecule has 3 aromatic heterocycles. The van der Waals surface area contributed by atoms with Crippen molar-refractivity contribution in [2.45, 2.75) is 0 Å². The molecule has 0 saturated heterocycles. The number of nitrogens with zero attached hydrogens (tertiary/aromatic N) is 3. The van der Waals surface area contributed by atoms with Crippen LogP contribution < -0.4 is 0 Å². The first-order valence-corrected chi connectivity index (χ1v) is 20.3. The van der Waals surface area contributed by atoms with Crippen molar-refractivity contribution in [1.82, 2.24) is 15.0 Å². The molecule has 0 unspecified atom stereocenters. The summed E-state index contributed by atoms with van der Waals surface area (Å²) in [5.74, 6) is 1.98. The van der Waals surface area contributed by atoms with Gasteiger partial charge in [-0.1, -0.05) is 152 Å². The van der Waals surface area contributed by atoms with Gasteiger partial charge in [-0.3, -0.25) is 0 Å². The zero-order valence-corrected chi connectivity index (χ0v) is 31.7. The summed E-state index contributed by atoms with van der Waals surface area (Å²) in [7, 11) is 0. The van der Waals surface area contributed by atoms with Gasteiger partial charge in [-0.05, 0) is 69.8 Å². The molecule has 3 nitrogen and oxygen atoms in total. The third-order valence-electron chi connectivity index (χ3n) is 10.5. The molecule has 11 aromatic rings. The van der Waals surface area contributed by atoms with Crippen LogP contribution in [0.3, 0.4) is 0 Å². The largest absolute Gasteiger partial charge is 0.208 e. The predicted octanol–water partition coefficient (Wildman–Crippen LogP) is 14.6. The van der Waals surface area contributed by atoms with Crippen molar-refractivity contribution >= 4 is 63.0 Å². The van der Waals surface area contributed by atoms with Gasteiger partial charge in [0.1, 0.15) is 0 Å². The number of fused-ring (bicyclic) bond motifs is 6. The monoisotopic (exact) mass is 749 g/mol. The molecule has 0 fully saturated rings. The number of aromatic nitrogens is 3. The Hall–Kier alpha value is -6.79. The molecule has 0 atom stereocenters. The first-order chi connectivity index (χ1) is 27.7. The second-order valence-electron chi connectivity index (χ2n) is 14.0. The summed E-state index contributed by atoms with van der Waals surface area (Å²) in [5.41, 5.74) is 10.1. The number of thiophene rings is 2. The highest BCUT2D eigenvalue weighted by atomic mass is 32.1. The Morgan fingerprint density at radius 3 is 1.66 bits per heavy atom. The van der Waals surface area contributed by atoms with Crippen molar-refractivity contribution < 1.29 is 0 Å². The molecule has 3 heterocycles. The summed E-state index contributed by atoms with van der Waals surface area (Å²) in [6.45, 7) is 0. The molecule has 0 N–H and O–H groups in total. The lowest BCUT2D eigenvalue weighted by atomic mass is 9.97. The van der Waals surface area contributed by atoms with E-state index < -0.39 is 0 Å². The molecule has 0 spiro atoms. The maximum atomic E-state index is 5.22. The van der Waals surface area contributed by atoms with Gasteiger partial charge >= 0.3 is 0 Å². The van der Waals surface area contributed by atoms with Crippen molar-refractivity contribution in [3.8, 4) is 67.5 Å². The molecule has 8 aromatic carbocycles. The molecule has 0 aliphatic rings. The Morgan fingerprint density at radius 1 is 0.286 bits per heavy atom. The van der Waals surface area contributed by atoms with E-state index in [9.17, 15) is 0 Å². The number of benzene rings is 8. The zero-order valence-electron chi connectivity index (χ0n) is 30.1. The number of hydrogen-bond acceptors (Lipinski definition) is 5. The fraction of sp³-hybridized carbons (Fsp3) is 0. The van der Waals surface area contributed by atoms with E-state index in [4.69, 9.17) is 15.0 Å². The molecule has 11 rings (SSSR count). The fourth-order valence-electron chi connectivity index (χ4n) is 7.84. The highest BCUT2D eigenvalue weighted by molar-refractivity contribution is 7.26. The minimum Gasteiger partial charge on any atom is -0.208 e. The minimum atomic E-state index is 0.651. The lowest BCUT2D eigenvalue weighted by molar-refractivity contribution is 1.08. The Morgan fingerprint density at radius 2 is 0.821 bits per heavy atom. The molecule has 0 amide bonds. The van der Waals surface area contributed by atoms with E-state index in [1.165, 1.54) is 68.2 Å². The van der Waals surface area contributed by atoms with Gasteiger partial charge in [0.15, 0.2) is 17.5 Å². The molecule has 0 aliphatic heterocycles. The van der Waals surface area contributed by atoms with Crippen molar-refractivity contribution in [3.05, 3.63) is 188 Å². The summed E-state index contributed by atoms with van der Waals surface area (Å²) in [6, 6.07) is 66.9. The Labute approximate surface area is 331 Å². The SMILES string of the molecule is c1ccc(-c2cccc(-c3ccc4sc5c(-c6cccc(-c7nc(-c8ccccc8)nc(-c8cccc9sc%10ccccc%10c89)n7)c6)cccc5c4c3)c2)cc1. The second kappa shape index (κ2) is 13.5. The highest BCUT2D eigenvalue weighted by Crippen LogP contribution is 2.43. The zero-order chi connectivity index (χ0) is 37.0. The lowest BCUT2D eigenvalue weighted by Crippen LogP contribution is -2.00. The van der Waals surface area contributed by atoms with E-state index in [2.05, 4.69) is 170 Å². The van der Waals surface area contributed by atoms with Crippen molar-refractivity contribution in [2.24, 2.45) is 0 Å². The van der Waals surface area contributed by atoms with Crippen LogP contribution in [0.5, 0.6) is 0 Å². The van der Waals surface area contributed by atoms with Crippen LogP contribution in [-0.4, -0.2) is 15.0 Å². The van der Waals surface area contributed by atoms with Gasteiger partial charge in [0.05, 0.1) is 0 Å². The molecule has 5 heteroatoms. The Balaban J connectivity index is 1.03. The maximum absolute atomic E-state index is 5.22. The van der Waals surface area contributed by atoms with Crippen molar-refractivity contribution in [3.63, 3.8) is 0 Å². The quantitative estimate of drug-likeness (QED) is 0.170. The van der Waals surface area contributed by atoms with Gasteiger partial charge in [0.25, 0.3) is 0 Å². The third kappa shape index (κ3) is 5.68. The molecule has 262 valence electrons. The van der Waals surface area contributed by atoms with E-state index in [-0.39, 0.29) is 0 Å². The van der Waals surface area contributed by atoms with Gasteiger partial charge in [-0.15, -0.1) is 22.7 Å². The highest BCUT2D eigenvalue weighted by Gasteiger charge is 2.18. The average molecular weight is 750 g/mol. The van der Waals surface area contributed by atoms with E-state index >= 15 is 0 Å². The predicted molar refractivity (Wildman–Crippen MR) is 238 cm³/mol. The normalized spacial score (nSPS) is 11.6. The molecule has 0 radical (unpaired) electrons. The van der Waals surface area contributed by atoms with Gasteiger partial charge in [0.2, 0.25) is 0 Å². The summed E-state index contributed by atoms with van der Waals surface area (Å²) in [6.07, 6.45) is 0. The second-order valence-corrected chi connectivity index (χ2v) is 16.1. The molecule has 0 bridgehead atoms. The van der Waals surface area contributed by atoms with Crippen LogP contribution in [0.15, 0.2) is 188 Å². The van der Waals surface area contributed by atoms with E-state index in [0.29, 0.717) is 17.5 Å². The van der Waals surface area contributed by atoms with E-state index in [0.717, 1.165) is 22.3 Å². The number of rotatable bonds is 6. The summed E-state index contributed by atoms with van der Waals surface area (Å²) >= 11 is 3.65. The van der Waals surface area contributed by atoms with Crippen LogP contribution in [0.2, 0.25) is 0 Å². The Kier molecular flexibility index (Phi) is 7.87. The standard InChI is InChI=1S/C51H31N3S2/c1-3-13-32(14-4-1)34-17-9-18-35(29-34)36-27-28-45-43(31-36)40-23-11-22-39(48(40)56-45)37-19-10-20-38(30-37)50-52-49(33-15-5-2-6-16-33)53-51(54-50)42-24-12-26-46-47(42)41-21-7-8-25-44(41)55-46/h1-31H. The van der Waals surface area contributed by atoms with Gasteiger partial charge in [-0.2, -0.15) is 0 Å². The van der Waals surface area contributed by atoms with Crippen LogP contribution >= 0.6 is 22.7 Å². The smallest absolute Gasteiger partial charge is 0.164 e. The third-order valence-corrected chi connectivity index (χ3v) is 12.9. The molecular weight excluding hydrogens is 719 g/mol. The topological polar surface area (TPSA) is 38.7 Å². The van der Waals surface area contributed by atoms with Crippen LogP contribution in [-0.2, 0) is 0 Å². The summed E-state index contributed by atoms with van der Waals surface area (Å²) in [5, 5.41) is 4.94. The lowest BCUT2D eigenvalue weighted by Gasteiger charge is -2.11. The van der Waals surface area contributed by atoms with Crippen molar-refractivity contribution in [2.75, 3.05) is 0 Å². The number of hydrogen-bond donors (Lipinski definition) is 0. The van der Waals surface area contributed by atoms with Crippen LogP contribution in [0.25, 0.3) is 108 Å². The molecule has 0 saturated carbocycles. The average Bonchev–Trinajstić information content (AvgIpc) is 3.85. The Bertz CT molecular complexity index is 3250. The van der Waals surface area contributed by atoms with Gasteiger partial charge < -0.3 is 0 Å². The first-order valence-electron chi connectivity index (χ1n) is 18.7. The fourth-order valence-corrected chi connectivity index (χ4v) is 10.2.